The van der Waals surface area contributed by atoms with Gasteiger partial charge in [-0.05, 0) is 25.2 Å². The number of hydrogen-bond acceptors (Lipinski definition) is 2. The van der Waals surface area contributed by atoms with Gasteiger partial charge >= 0.3 is 0 Å². The minimum Gasteiger partial charge on any atom is -0.337 e. The zero-order valence-corrected chi connectivity index (χ0v) is 11.3. The highest BCUT2D eigenvalue weighted by atomic mass is 15.1. The van der Waals surface area contributed by atoms with Crippen LogP contribution in [0.15, 0.2) is 12.5 Å². The highest BCUT2D eigenvalue weighted by Crippen LogP contribution is 2.26. The van der Waals surface area contributed by atoms with Crippen LogP contribution in [0.4, 0.5) is 0 Å². The normalized spacial score (nSPS) is 21.3. The molecule has 0 aliphatic heterocycles. The minimum atomic E-state index is 0.775. The Morgan fingerprint density at radius 1 is 1.17 bits per heavy atom. The van der Waals surface area contributed by atoms with E-state index in [-0.39, 0.29) is 0 Å². The van der Waals surface area contributed by atoms with E-state index >= 15 is 0 Å². The lowest BCUT2D eigenvalue weighted by atomic mass is 9.87. The molecule has 0 unspecified atom stereocenters. The highest BCUT2D eigenvalue weighted by molar-refractivity contribution is 4.97. The predicted octanol–water partition coefficient (Wildman–Crippen LogP) is 3.11. The summed E-state index contributed by atoms with van der Waals surface area (Å²) in [6.07, 6.45) is 15.5. The Hall–Kier alpha value is -0.830. The second kappa shape index (κ2) is 5.87. The van der Waals surface area contributed by atoms with Gasteiger partial charge in [-0.25, -0.2) is 4.98 Å². The summed E-state index contributed by atoms with van der Waals surface area (Å²) in [5.74, 6) is 0.967. The van der Waals surface area contributed by atoms with Crippen molar-refractivity contribution in [2.75, 3.05) is 0 Å². The van der Waals surface area contributed by atoms with Crippen molar-refractivity contribution in [3.63, 3.8) is 0 Å². The van der Waals surface area contributed by atoms with Crippen molar-refractivity contribution in [3.05, 3.63) is 18.2 Å². The van der Waals surface area contributed by atoms with E-state index < -0.39 is 0 Å². The molecular weight excluding hydrogens is 222 g/mol. The summed E-state index contributed by atoms with van der Waals surface area (Å²) >= 11 is 0. The standard InChI is InChI=1S/C15H25N3/c1-2-4-13(5-3-1)8-9-18-11-15(17-12-18)10-16-14-6-7-14/h11-14,16H,1-10H2. The molecule has 3 rings (SSSR count). The zero-order valence-electron chi connectivity index (χ0n) is 11.3. The lowest BCUT2D eigenvalue weighted by Crippen LogP contribution is -2.15. The van der Waals surface area contributed by atoms with Gasteiger partial charge in [0.15, 0.2) is 0 Å². The molecule has 0 amide bonds. The molecule has 0 radical (unpaired) electrons. The lowest BCUT2D eigenvalue weighted by Gasteiger charge is -2.21. The van der Waals surface area contributed by atoms with Gasteiger partial charge in [-0.2, -0.15) is 0 Å². The van der Waals surface area contributed by atoms with Crippen molar-refractivity contribution in [1.82, 2.24) is 14.9 Å². The first-order chi connectivity index (χ1) is 8.90. The number of nitrogens with zero attached hydrogens (tertiary/aromatic N) is 2. The summed E-state index contributed by atoms with van der Waals surface area (Å²) in [6, 6.07) is 0.775. The van der Waals surface area contributed by atoms with Crippen LogP contribution >= 0.6 is 0 Å². The van der Waals surface area contributed by atoms with Gasteiger partial charge in [0.2, 0.25) is 0 Å². The minimum absolute atomic E-state index is 0.775. The summed E-state index contributed by atoms with van der Waals surface area (Å²) < 4.78 is 2.28. The summed E-state index contributed by atoms with van der Waals surface area (Å²) in [4.78, 5) is 4.48. The van der Waals surface area contributed by atoms with Crippen molar-refractivity contribution in [3.8, 4) is 0 Å². The van der Waals surface area contributed by atoms with E-state index in [0.29, 0.717) is 0 Å². The topological polar surface area (TPSA) is 29.9 Å². The van der Waals surface area contributed by atoms with Gasteiger partial charge in [-0.15, -0.1) is 0 Å². The number of nitrogens with one attached hydrogen (secondary N) is 1. The van der Waals surface area contributed by atoms with Crippen LogP contribution in [0.25, 0.3) is 0 Å². The smallest absolute Gasteiger partial charge is 0.0949 e. The fraction of sp³-hybridized carbons (Fsp3) is 0.800. The van der Waals surface area contributed by atoms with Gasteiger partial charge < -0.3 is 9.88 Å². The van der Waals surface area contributed by atoms with E-state index in [1.165, 1.54) is 57.1 Å². The maximum Gasteiger partial charge on any atom is 0.0949 e. The van der Waals surface area contributed by atoms with Crippen molar-refractivity contribution >= 4 is 0 Å². The van der Waals surface area contributed by atoms with Crippen LogP contribution < -0.4 is 5.32 Å². The van der Waals surface area contributed by atoms with Gasteiger partial charge in [-0.3, -0.25) is 0 Å². The number of aromatic nitrogens is 2. The lowest BCUT2D eigenvalue weighted by molar-refractivity contribution is 0.324. The molecule has 2 saturated carbocycles. The third kappa shape index (κ3) is 3.58. The van der Waals surface area contributed by atoms with Crippen LogP contribution in [0.3, 0.4) is 0 Å². The van der Waals surface area contributed by atoms with Crippen LogP contribution in [-0.2, 0) is 13.1 Å². The maximum atomic E-state index is 4.48. The Morgan fingerprint density at radius 2 is 2.00 bits per heavy atom. The second-order valence-electron chi connectivity index (χ2n) is 6.05. The molecule has 3 nitrogen and oxygen atoms in total. The molecule has 2 aliphatic carbocycles. The van der Waals surface area contributed by atoms with Crippen molar-refractivity contribution < 1.29 is 0 Å². The van der Waals surface area contributed by atoms with Gasteiger partial charge in [0.25, 0.3) is 0 Å². The van der Waals surface area contributed by atoms with Crippen LogP contribution in [-0.4, -0.2) is 15.6 Å². The van der Waals surface area contributed by atoms with Crippen LogP contribution in [0, 0.1) is 5.92 Å². The first-order valence-electron chi connectivity index (χ1n) is 7.64. The fourth-order valence-electron chi connectivity index (χ4n) is 2.96. The summed E-state index contributed by atoms with van der Waals surface area (Å²) in [6.45, 7) is 2.10. The predicted molar refractivity (Wildman–Crippen MR) is 73.3 cm³/mol. The summed E-state index contributed by atoms with van der Waals surface area (Å²) in [5.41, 5.74) is 1.20. The summed E-state index contributed by atoms with van der Waals surface area (Å²) in [7, 11) is 0. The SMILES string of the molecule is c1nc(CNC2CC2)cn1CCC1CCCCC1. The molecule has 1 N–H and O–H groups in total. The fourth-order valence-corrected chi connectivity index (χ4v) is 2.96. The first-order valence-corrected chi connectivity index (χ1v) is 7.64. The van der Waals surface area contributed by atoms with E-state index in [1.807, 2.05) is 6.33 Å². The summed E-state index contributed by atoms with van der Waals surface area (Å²) in [5, 5.41) is 3.52. The molecule has 0 saturated heterocycles. The molecule has 0 aromatic carbocycles. The largest absolute Gasteiger partial charge is 0.337 e. The van der Waals surface area contributed by atoms with Gasteiger partial charge in [-0.1, -0.05) is 32.1 Å². The van der Waals surface area contributed by atoms with Crippen molar-refractivity contribution in [2.45, 2.75) is 70.5 Å². The van der Waals surface area contributed by atoms with E-state index in [1.54, 1.807) is 0 Å². The van der Waals surface area contributed by atoms with E-state index in [9.17, 15) is 0 Å². The Kier molecular flexibility index (Phi) is 3.99. The Balaban J connectivity index is 1.41. The number of aryl methyl sites for hydroxylation is 1. The number of rotatable bonds is 6. The molecule has 0 bridgehead atoms. The molecule has 0 atom stereocenters. The first kappa shape index (κ1) is 12.2. The molecule has 3 heteroatoms. The maximum absolute atomic E-state index is 4.48. The van der Waals surface area contributed by atoms with Crippen LogP contribution in [0.5, 0.6) is 0 Å². The van der Waals surface area contributed by atoms with Crippen LogP contribution in [0.1, 0.15) is 57.1 Å². The third-order valence-corrected chi connectivity index (χ3v) is 4.36. The Morgan fingerprint density at radius 3 is 2.78 bits per heavy atom. The molecule has 2 fully saturated rings. The van der Waals surface area contributed by atoms with Gasteiger partial charge in [0.1, 0.15) is 0 Å². The van der Waals surface area contributed by atoms with Gasteiger partial charge in [0.05, 0.1) is 12.0 Å². The monoisotopic (exact) mass is 247 g/mol. The molecule has 1 aromatic heterocycles. The van der Waals surface area contributed by atoms with Gasteiger partial charge in [0, 0.05) is 25.3 Å². The molecule has 18 heavy (non-hydrogen) atoms. The van der Waals surface area contributed by atoms with E-state index in [4.69, 9.17) is 0 Å². The average molecular weight is 247 g/mol. The highest BCUT2D eigenvalue weighted by Gasteiger charge is 2.20. The molecular formula is C15H25N3. The second-order valence-corrected chi connectivity index (χ2v) is 6.05. The number of imidazole rings is 1. The third-order valence-electron chi connectivity index (χ3n) is 4.36. The van der Waals surface area contributed by atoms with Crippen molar-refractivity contribution in [1.29, 1.82) is 0 Å². The number of hydrogen-bond donors (Lipinski definition) is 1. The van der Waals surface area contributed by atoms with Crippen molar-refractivity contribution in [2.24, 2.45) is 5.92 Å². The average Bonchev–Trinajstić information content (AvgIpc) is 3.14. The van der Waals surface area contributed by atoms with Crippen LogP contribution in [0.2, 0.25) is 0 Å². The molecule has 2 aliphatic rings. The molecule has 1 heterocycles. The Labute approximate surface area is 110 Å². The molecule has 1 aromatic rings. The Bertz CT molecular complexity index is 362. The molecule has 100 valence electrons. The zero-order chi connectivity index (χ0) is 12.2. The van der Waals surface area contributed by atoms with E-state index in [0.717, 1.165) is 25.0 Å². The molecule has 0 spiro atoms. The van der Waals surface area contributed by atoms with E-state index in [2.05, 4.69) is 21.1 Å². The quantitative estimate of drug-likeness (QED) is 0.837.